The summed E-state index contributed by atoms with van der Waals surface area (Å²) < 4.78 is 23.2. The number of amides is 1. The van der Waals surface area contributed by atoms with Crippen molar-refractivity contribution in [2.24, 2.45) is 5.73 Å². The third-order valence-corrected chi connectivity index (χ3v) is 5.21. The number of nitrogens with two attached hydrogens (primary N) is 1. The van der Waals surface area contributed by atoms with Crippen molar-refractivity contribution in [3.8, 4) is 0 Å². The predicted molar refractivity (Wildman–Crippen MR) is 55.9 cm³/mol. The molecule has 0 radical (unpaired) electrons. The summed E-state index contributed by atoms with van der Waals surface area (Å²) in [6.07, 6.45) is 2.71. The molecule has 1 saturated carbocycles. The number of sulfone groups is 1. The SMILES string of the molecule is NC1CC1NC(=O)C1CCCCS1(=O)=O. The Kier molecular flexibility index (Phi) is 2.72. The van der Waals surface area contributed by atoms with Crippen LogP contribution in [-0.4, -0.2) is 37.4 Å². The van der Waals surface area contributed by atoms with E-state index in [0.717, 1.165) is 12.8 Å². The molecular weight excluding hydrogens is 216 g/mol. The van der Waals surface area contributed by atoms with Gasteiger partial charge < -0.3 is 11.1 Å². The van der Waals surface area contributed by atoms with Crippen LogP contribution in [0.1, 0.15) is 25.7 Å². The van der Waals surface area contributed by atoms with Gasteiger partial charge in [0.05, 0.1) is 5.75 Å². The van der Waals surface area contributed by atoms with Crippen LogP contribution in [0.25, 0.3) is 0 Å². The van der Waals surface area contributed by atoms with Gasteiger partial charge in [-0.05, 0) is 19.3 Å². The molecule has 0 bridgehead atoms. The predicted octanol–water partition coefficient (Wildman–Crippen LogP) is -0.831. The van der Waals surface area contributed by atoms with Crippen LogP contribution in [0.5, 0.6) is 0 Å². The molecular formula is C9H16N2O3S. The Morgan fingerprint density at radius 2 is 2.00 bits per heavy atom. The smallest absolute Gasteiger partial charge is 0.238 e. The molecule has 1 amide bonds. The number of rotatable bonds is 2. The maximum atomic E-state index is 11.7. The Balaban J connectivity index is 1.99. The van der Waals surface area contributed by atoms with E-state index in [1.54, 1.807) is 0 Å². The van der Waals surface area contributed by atoms with Crippen molar-refractivity contribution in [1.82, 2.24) is 5.32 Å². The summed E-state index contributed by atoms with van der Waals surface area (Å²) in [6, 6.07) is 0.00914. The highest BCUT2D eigenvalue weighted by molar-refractivity contribution is 7.92. The lowest BCUT2D eigenvalue weighted by molar-refractivity contribution is -0.121. The zero-order valence-corrected chi connectivity index (χ0v) is 9.29. The molecule has 1 aliphatic carbocycles. The number of hydrogen-bond donors (Lipinski definition) is 2. The van der Waals surface area contributed by atoms with E-state index in [9.17, 15) is 13.2 Å². The minimum atomic E-state index is -3.21. The van der Waals surface area contributed by atoms with Gasteiger partial charge in [-0.2, -0.15) is 0 Å². The highest BCUT2D eigenvalue weighted by Crippen LogP contribution is 2.22. The van der Waals surface area contributed by atoms with E-state index in [4.69, 9.17) is 5.73 Å². The molecule has 0 aromatic heterocycles. The van der Waals surface area contributed by atoms with Gasteiger partial charge in [0, 0.05) is 12.1 Å². The van der Waals surface area contributed by atoms with Gasteiger partial charge in [0.2, 0.25) is 5.91 Å². The van der Waals surface area contributed by atoms with Crippen molar-refractivity contribution in [2.45, 2.75) is 43.0 Å². The minimum absolute atomic E-state index is 0.00498. The van der Waals surface area contributed by atoms with Gasteiger partial charge in [0.25, 0.3) is 0 Å². The van der Waals surface area contributed by atoms with Gasteiger partial charge in [0.1, 0.15) is 5.25 Å². The summed E-state index contributed by atoms with van der Waals surface area (Å²) in [4.78, 5) is 11.7. The zero-order chi connectivity index (χ0) is 11.1. The van der Waals surface area contributed by atoms with E-state index < -0.39 is 15.1 Å². The van der Waals surface area contributed by atoms with Crippen molar-refractivity contribution in [2.75, 3.05) is 5.75 Å². The Hall–Kier alpha value is -0.620. The molecule has 1 saturated heterocycles. The van der Waals surface area contributed by atoms with Crippen LogP contribution in [0.2, 0.25) is 0 Å². The topological polar surface area (TPSA) is 89.3 Å². The van der Waals surface area contributed by atoms with Crippen LogP contribution < -0.4 is 11.1 Å². The van der Waals surface area contributed by atoms with Crippen LogP contribution >= 0.6 is 0 Å². The van der Waals surface area contributed by atoms with Crippen LogP contribution in [0.15, 0.2) is 0 Å². The second kappa shape index (κ2) is 3.75. The van der Waals surface area contributed by atoms with Crippen LogP contribution in [0.4, 0.5) is 0 Å². The maximum Gasteiger partial charge on any atom is 0.238 e. The van der Waals surface area contributed by atoms with Crippen molar-refractivity contribution >= 4 is 15.7 Å². The summed E-state index contributed by atoms with van der Waals surface area (Å²) in [7, 11) is -3.21. The third-order valence-electron chi connectivity index (χ3n) is 3.04. The Morgan fingerprint density at radius 1 is 1.33 bits per heavy atom. The highest BCUT2D eigenvalue weighted by Gasteiger charge is 2.40. The summed E-state index contributed by atoms with van der Waals surface area (Å²) in [5, 5.41) is 1.85. The molecule has 3 N–H and O–H groups in total. The molecule has 6 heteroatoms. The molecule has 0 aromatic rings. The molecule has 15 heavy (non-hydrogen) atoms. The Labute approximate surface area is 89.3 Å². The minimum Gasteiger partial charge on any atom is -0.351 e. The summed E-state index contributed by atoms with van der Waals surface area (Å²) in [6.45, 7) is 0. The van der Waals surface area contributed by atoms with Gasteiger partial charge in [-0.1, -0.05) is 6.42 Å². The first-order valence-electron chi connectivity index (χ1n) is 5.28. The monoisotopic (exact) mass is 232 g/mol. The quantitative estimate of drug-likeness (QED) is 0.650. The molecule has 0 aromatic carbocycles. The zero-order valence-electron chi connectivity index (χ0n) is 8.48. The molecule has 2 rings (SSSR count). The van der Waals surface area contributed by atoms with Gasteiger partial charge in [-0.15, -0.1) is 0 Å². The number of nitrogens with one attached hydrogen (secondary N) is 1. The second-order valence-corrected chi connectivity index (χ2v) is 6.67. The van der Waals surface area contributed by atoms with Crippen LogP contribution in [0, 0.1) is 0 Å². The Morgan fingerprint density at radius 3 is 2.53 bits per heavy atom. The molecule has 86 valence electrons. The highest BCUT2D eigenvalue weighted by atomic mass is 32.2. The fraction of sp³-hybridized carbons (Fsp3) is 0.889. The first-order chi connectivity index (χ1) is 7.00. The second-order valence-electron chi connectivity index (χ2n) is 4.37. The van der Waals surface area contributed by atoms with Crippen LogP contribution in [-0.2, 0) is 14.6 Å². The van der Waals surface area contributed by atoms with Crippen LogP contribution in [0.3, 0.4) is 0 Å². The summed E-state index contributed by atoms with van der Waals surface area (Å²) >= 11 is 0. The molecule has 5 nitrogen and oxygen atoms in total. The lowest BCUT2D eigenvalue weighted by atomic mass is 10.2. The van der Waals surface area contributed by atoms with Gasteiger partial charge in [-0.25, -0.2) is 8.42 Å². The van der Waals surface area contributed by atoms with E-state index in [-0.39, 0.29) is 23.7 Å². The van der Waals surface area contributed by atoms with E-state index in [0.29, 0.717) is 12.8 Å². The molecule has 3 atom stereocenters. The third kappa shape index (κ3) is 2.31. The van der Waals surface area contributed by atoms with Gasteiger partial charge in [0.15, 0.2) is 9.84 Å². The molecule has 3 unspecified atom stereocenters. The molecule has 0 spiro atoms. The number of carbonyl (C=O) groups excluding carboxylic acids is 1. The lowest BCUT2D eigenvalue weighted by Crippen LogP contribution is -2.44. The van der Waals surface area contributed by atoms with E-state index in [2.05, 4.69) is 5.32 Å². The molecule has 2 fully saturated rings. The van der Waals surface area contributed by atoms with Crippen molar-refractivity contribution in [3.05, 3.63) is 0 Å². The first-order valence-corrected chi connectivity index (χ1v) is 7.00. The molecule has 1 heterocycles. The standard InChI is InChI=1S/C9H16N2O3S/c10-6-5-7(6)11-9(12)8-3-1-2-4-15(8,13)14/h6-8H,1-5,10H2,(H,11,12). The average Bonchev–Trinajstić information content (AvgIpc) is 2.80. The fourth-order valence-corrected chi connectivity index (χ4v) is 3.72. The summed E-state index contributed by atoms with van der Waals surface area (Å²) in [5.41, 5.74) is 5.55. The molecule has 2 aliphatic rings. The summed E-state index contributed by atoms with van der Waals surface area (Å²) in [5.74, 6) is -0.213. The largest absolute Gasteiger partial charge is 0.351 e. The maximum absolute atomic E-state index is 11.7. The number of hydrogen-bond acceptors (Lipinski definition) is 4. The molecule has 1 aliphatic heterocycles. The van der Waals surface area contributed by atoms with E-state index in [1.165, 1.54) is 0 Å². The van der Waals surface area contributed by atoms with Gasteiger partial charge in [-0.3, -0.25) is 4.79 Å². The Bertz CT molecular complexity index is 366. The fourth-order valence-electron chi connectivity index (χ4n) is 1.91. The van der Waals surface area contributed by atoms with E-state index in [1.807, 2.05) is 0 Å². The first kappa shape index (κ1) is 10.9. The van der Waals surface area contributed by atoms with Crippen molar-refractivity contribution in [3.63, 3.8) is 0 Å². The lowest BCUT2D eigenvalue weighted by Gasteiger charge is -2.21. The van der Waals surface area contributed by atoms with E-state index >= 15 is 0 Å². The normalized spacial score (nSPS) is 38.3. The van der Waals surface area contributed by atoms with Gasteiger partial charge >= 0.3 is 0 Å². The average molecular weight is 232 g/mol. The number of carbonyl (C=O) groups is 1. The van der Waals surface area contributed by atoms with Crippen molar-refractivity contribution < 1.29 is 13.2 Å². The van der Waals surface area contributed by atoms with Crippen molar-refractivity contribution in [1.29, 1.82) is 0 Å².